The van der Waals surface area contributed by atoms with E-state index in [4.69, 9.17) is 14.2 Å². The standard InChI is InChI=1S/C19H23NO5/c1-23-16-7-4-14(5-8-16)19(22)20(10-11-21)13-15-6-9-17(24-2)12-18(15)25-3/h4-9,12,21H,10-11,13H2,1-3H3. The van der Waals surface area contributed by atoms with Crippen LogP contribution in [0.5, 0.6) is 17.2 Å². The monoisotopic (exact) mass is 345 g/mol. The zero-order valence-corrected chi connectivity index (χ0v) is 14.7. The summed E-state index contributed by atoms with van der Waals surface area (Å²) < 4.78 is 15.7. The first-order chi connectivity index (χ1) is 12.1. The zero-order valence-electron chi connectivity index (χ0n) is 14.7. The minimum Gasteiger partial charge on any atom is -0.497 e. The predicted molar refractivity (Wildman–Crippen MR) is 94.4 cm³/mol. The molecule has 0 unspecified atom stereocenters. The molecule has 0 radical (unpaired) electrons. The van der Waals surface area contributed by atoms with Gasteiger partial charge in [-0.25, -0.2) is 0 Å². The average Bonchev–Trinajstić information content (AvgIpc) is 2.67. The molecule has 0 atom stereocenters. The molecule has 2 rings (SSSR count). The minimum atomic E-state index is -0.172. The number of amides is 1. The number of methoxy groups -OCH3 is 3. The van der Waals surface area contributed by atoms with E-state index in [-0.39, 0.29) is 19.1 Å². The average molecular weight is 345 g/mol. The molecule has 134 valence electrons. The highest BCUT2D eigenvalue weighted by atomic mass is 16.5. The van der Waals surface area contributed by atoms with Gasteiger partial charge in [-0.15, -0.1) is 0 Å². The highest BCUT2D eigenvalue weighted by molar-refractivity contribution is 5.94. The summed E-state index contributed by atoms with van der Waals surface area (Å²) in [5.41, 5.74) is 1.36. The summed E-state index contributed by atoms with van der Waals surface area (Å²) in [6.07, 6.45) is 0. The number of carbonyl (C=O) groups excluding carboxylic acids is 1. The van der Waals surface area contributed by atoms with Gasteiger partial charge in [-0.05, 0) is 36.4 Å². The number of aliphatic hydroxyl groups is 1. The molecule has 0 saturated heterocycles. The van der Waals surface area contributed by atoms with E-state index in [1.54, 1.807) is 56.6 Å². The Labute approximate surface area is 147 Å². The predicted octanol–water partition coefficient (Wildman–Crippen LogP) is 2.35. The van der Waals surface area contributed by atoms with E-state index >= 15 is 0 Å². The second kappa shape index (κ2) is 8.94. The molecule has 0 saturated carbocycles. The number of rotatable bonds is 8. The van der Waals surface area contributed by atoms with Gasteiger partial charge in [0.05, 0.1) is 27.9 Å². The van der Waals surface area contributed by atoms with Gasteiger partial charge < -0.3 is 24.2 Å². The number of aliphatic hydroxyl groups excluding tert-OH is 1. The summed E-state index contributed by atoms with van der Waals surface area (Å²) in [6.45, 7) is 0.416. The highest BCUT2D eigenvalue weighted by Gasteiger charge is 2.18. The van der Waals surface area contributed by atoms with Crippen LogP contribution in [-0.4, -0.2) is 50.4 Å². The Bertz CT molecular complexity index is 699. The summed E-state index contributed by atoms with van der Waals surface area (Å²) >= 11 is 0. The van der Waals surface area contributed by atoms with Gasteiger partial charge in [-0.2, -0.15) is 0 Å². The van der Waals surface area contributed by atoms with Crippen molar-refractivity contribution in [3.63, 3.8) is 0 Å². The van der Waals surface area contributed by atoms with E-state index in [9.17, 15) is 9.90 Å². The van der Waals surface area contributed by atoms with Gasteiger partial charge in [0.1, 0.15) is 17.2 Å². The van der Waals surface area contributed by atoms with Gasteiger partial charge in [0.25, 0.3) is 5.91 Å². The van der Waals surface area contributed by atoms with Gasteiger partial charge in [0.15, 0.2) is 0 Å². The van der Waals surface area contributed by atoms with Gasteiger partial charge in [-0.3, -0.25) is 4.79 Å². The molecule has 0 aliphatic rings. The summed E-state index contributed by atoms with van der Waals surface area (Å²) in [5, 5.41) is 9.34. The lowest BCUT2D eigenvalue weighted by Crippen LogP contribution is -2.33. The second-order valence-electron chi connectivity index (χ2n) is 5.36. The van der Waals surface area contributed by atoms with E-state index < -0.39 is 0 Å². The Hall–Kier alpha value is -2.73. The zero-order chi connectivity index (χ0) is 18.2. The molecule has 0 aliphatic carbocycles. The lowest BCUT2D eigenvalue weighted by atomic mass is 10.1. The minimum absolute atomic E-state index is 0.125. The van der Waals surface area contributed by atoms with Crippen molar-refractivity contribution in [1.29, 1.82) is 0 Å². The van der Waals surface area contributed by atoms with Crippen LogP contribution in [0.15, 0.2) is 42.5 Å². The van der Waals surface area contributed by atoms with Crippen LogP contribution < -0.4 is 14.2 Å². The topological polar surface area (TPSA) is 68.2 Å². The number of nitrogens with zero attached hydrogens (tertiary/aromatic N) is 1. The van der Waals surface area contributed by atoms with E-state index in [2.05, 4.69) is 0 Å². The molecular formula is C19H23NO5. The molecule has 1 amide bonds. The smallest absolute Gasteiger partial charge is 0.254 e. The number of benzene rings is 2. The Kier molecular flexibility index (Phi) is 6.65. The summed E-state index contributed by atoms with van der Waals surface area (Å²) in [4.78, 5) is 14.3. The number of hydrogen-bond donors (Lipinski definition) is 1. The third kappa shape index (κ3) is 4.64. The van der Waals surface area contributed by atoms with E-state index in [0.717, 1.165) is 5.56 Å². The second-order valence-corrected chi connectivity index (χ2v) is 5.36. The van der Waals surface area contributed by atoms with Crippen molar-refractivity contribution >= 4 is 5.91 Å². The van der Waals surface area contributed by atoms with Crippen LogP contribution in [0.2, 0.25) is 0 Å². The van der Waals surface area contributed by atoms with E-state index in [0.29, 0.717) is 29.4 Å². The number of ether oxygens (including phenoxy) is 3. The first-order valence-corrected chi connectivity index (χ1v) is 7.88. The van der Waals surface area contributed by atoms with Crippen molar-refractivity contribution in [1.82, 2.24) is 4.90 Å². The third-order valence-corrected chi connectivity index (χ3v) is 3.85. The molecule has 0 heterocycles. The largest absolute Gasteiger partial charge is 0.497 e. The molecule has 6 heteroatoms. The lowest BCUT2D eigenvalue weighted by Gasteiger charge is -2.23. The van der Waals surface area contributed by atoms with Gasteiger partial charge in [-0.1, -0.05) is 0 Å². The van der Waals surface area contributed by atoms with Crippen molar-refractivity contribution in [3.8, 4) is 17.2 Å². The molecule has 0 spiro atoms. The van der Waals surface area contributed by atoms with Crippen LogP contribution in [0.4, 0.5) is 0 Å². The van der Waals surface area contributed by atoms with Crippen LogP contribution in [0.1, 0.15) is 15.9 Å². The molecule has 25 heavy (non-hydrogen) atoms. The third-order valence-electron chi connectivity index (χ3n) is 3.85. The van der Waals surface area contributed by atoms with Crippen LogP contribution in [0.3, 0.4) is 0 Å². The van der Waals surface area contributed by atoms with E-state index in [1.165, 1.54) is 0 Å². The molecule has 0 aliphatic heterocycles. The number of carbonyl (C=O) groups is 1. The van der Waals surface area contributed by atoms with Gasteiger partial charge >= 0.3 is 0 Å². The van der Waals surface area contributed by atoms with Crippen LogP contribution in [0.25, 0.3) is 0 Å². The molecule has 0 aromatic heterocycles. The quantitative estimate of drug-likeness (QED) is 0.795. The van der Waals surface area contributed by atoms with Crippen LogP contribution >= 0.6 is 0 Å². The van der Waals surface area contributed by atoms with Crippen LogP contribution in [-0.2, 0) is 6.54 Å². The molecule has 0 fully saturated rings. The van der Waals surface area contributed by atoms with Gasteiger partial charge in [0.2, 0.25) is 0 Å². The molecular weight excluding hydrogens is 322 g/mol. The fourth-order valence-electron chi connectivity index (χ4n) is 2.48. The maximum atomic E-state index is 12.8. The fraction of sp³-hybridized carbons (Fsp3) is 0.316. The lowest BCUT2D eigenvalue weighted by molar-refractivity contribution is 0.0706. The molecule has 2 aromatic carbocycles. The number of hydrogen-bond acceptors (Lipinski definition) is 5. The van der Waals surface area contributed by atoms with Crippen molar-refractivity contribution in [2.75, 3.05) is 34.5 Å². The molecule has 0 bridgehead atoms. The maximum Gasteiger partial charge on any atom is 0.254 e. The summed E-state index contributed by atoms with van der Waals surface area (Å²) in [6, 6.07) is 12.3. The normalized spacial score (nSPS) is 10.2. The Morgan fingerprint density at radius 2 is 1.60 bits per heavy atom. The van der Waals surface area contributed by atoms with Crippen molar-refractivity contribution < 1.29 is 24.1 Å². The SMILES string of the molecule is COc1ccc(C(=O)N(CCO)Cc2ccc(OC)cc2OC)cc1. The Morgan fingerprint density at radius 1 is 0.960 bits per heavy atom. The molecule has 1 N–H and O–H groups in total. The van der Waals surface area contributed by atoms with Gasteiger partial charge in [0, 0.05) is 30.3 Å². The van der Waals surface area contributed by atoms with Crippen LogP contribution in [0, 0.1) is 0 Å². The molecule has 6 nitrogen and oxygen atoms in total. The molecule has 2 aromatic rings. The Balaban J connectivity index is 2.23. The first kappa shape index (κ1) is 18.6. The van der Waals surface area contributed by atoms with Crippen molar-refractivity contribution in [3.05, 3.63) is 53.6 Å². The summed E-state index contributed by atoms with van der Waals surface area (Å²) in [5.74, 6) is 1.82. The summed E-state index contributed by atoms with van der Waals surface area (Å²) in [7, 11) is 4.73. The fourth-order valence-corrected chi connectivity index (χ4v) is 2.48. The highest BCUT2D eigenvalue weighted by Crippen LogP contribution is 2.26. The van der Waals surface area contributed by atoms with E-state index in [1.807, 2.05) is 12.1 Å². The first-order valence-electron chi connectivity index (χ1n) is 7.88. The maximum absolute atomic E-state index is 12.8. The Morgan fingerprint density at radius 3 is 2.16 bits per heavy atom. The van der Waals surface area contributed by atoms with Crippen molar-refractivity contribution in [2.45, 2.75) is 6.54 Å². The van der Waals surface area contributed by atoms with Crippen molar-refractivity contribution in [2.24, 2.45) is 0 Å².